The third kappa shape index (κ3) is 1.91. The molecule has 3 nitrogen and oxygen atoms in total. The number of thiophene rings is 1. The van der Waals surface area contributed by atoms with Gasteiger partial charge in [0.2, 0.25) is 0 Å². The molecule has 0 unspecified atom stereocenters. The molecule has 5 rings (SSSR count). The van der Waals surface area contributed by atoms with E-state index in [1.54, 1.807) is 18.4 Å². The van der Waals surface area contributed by atoms with E-state index in [1.807, 2.05) is 60.0 Å². The number of benzene rings is 2. The summed E-state index contributed by atoms with van der Waals surface area (Å²) in [5.74, 6) is 0.765. The van der Waals surface area contributed by atoms with E-state index in [9.17, 15) is 4.79 Å². The van der Waals surface area contributed by atoms with Crippen molar-refractivity contribution in [2.75, 3.05) is 7.11 Å². The zero-order valence-corrected chi connectivity index (χ0v) is 14.3. The lowest BCUT2D eigenvalue weighted by atomic mass is 9.98. The summed E-state index contributed by atoms with van der Waals surface area (Å²) in [6.07, 6.45) is 0. The van der Waals surface area contributed by atoms with Crippen LogP contribution in [-0.2, 0) is 0 Å². The van der Waals surface area contributed by atoms with Crippen LogP contribution in [0.3, 0.4) is 0 Å². The van der Waals surface area contributed by atoms with Gasteiger partial charge in [-0.3, -0.25) is 4.79 Å². The van der Waals surface area contributed by atoms with Crippen LogP contribution in [0.1, 0.15) is 15.9 Å². The summed E-state index contributed by atoms with van der Waals surface area (Å²) in [4.78, 5) is 19.0. The van der Waals surface area contributed by atoms with E-state index in [-0.39, 0.29) is 5.78 Å². The lowest BCUT2D eigenvalue weighted by Gasteiger charge is -2.12. The Kier molecular flexibility index (Phi) is 3.02. The molecule has 0 N–H and O–H groups in total. The number of rotatable bonds is 2. The van der Waals surface area contributed by atoms with Gasteiger partial charge in [0.1, 0.15) is 11.3 Å². The van der Waals surface area contributed by atoms with Crippen LogP contribution in [-0.4, -0.2) is 17.9 Å². The van der Waals surface area contributed by atoms with Crippen LogP contribution in [0.2, 0.25) is 0 Å². The maximum absolute atomic E-state index is 13.1. The fraction of sp³-hybridized carbons (Fsp3) is 0.0476. The first kappa shape index (κ1) is 14.4. The molecule has 0 spiro atoms. The zero-order chi connectivity index (χ0) is 17.0. The average Bonchev–Trinajstić information content (AvgIpc) is 3.29. The van der Waals surface area contributed by atoms with Crippen LogP contribution in [0.4, 0.5) is 0 Å². The van der Waals surface area contributed by atoms with Gasteiger partial charge in [0.25, 0.3) is 0 Å². The quantitative estimate of drug-likeness (QED) is 0.443. The molecule has 120 valence electrons. The van der Waals surface area contributed by atoms with E-state index in [0.717, 1.165) is 43.9 Å². The lowest BCUT2D eigenvalue weighted by molar-refractivity contribution is 0.104. The minimum atomic E-state index is 0.0474. The van der Waals surface area contributed by atoms with Crippen molar-refractivity contribution in [2.45, 2.75) is 0 Å². The molecule has 2 aromatic heterocycles. The molecule has 4 aromatic rings. The topological polar surface area (TPSA) is 39.2 Å². The van der Waals surface area contributed by atoms with E-state index in [0.29, 0.717) is 5.56 Å². The molecule has 0 bridgehead atoms. The van der Waals surface area contributed by atoms with E-state index in [1.165, 1.54) is 0 Å². The van der Waals surface area contributed by atoms with Gasteiger partial charge >= 0.3 is 0 Å². The molecule has 2 aromatic carbocycles. The monoisotopic (exact) mass is 343 g/mol. The fourth-order valence-electron chi connectivity index (χ4n) is 3.55. The van der Waals surface area contributed by atoms with Crippen molar-refractivity contribution in [1.29, 1.82) is 0 Å². The maximum atomic E-state index is 13.1. The number of methoxy groups -OCH3 is 1. The van der Waals surface area contributed by atoms with Crippen molar-refractivity contribution in [1.82, 2.24) is 4.98 Å². The van der Waals surface area contributed by atoms with Crippen LogP contribution in [0.5, 0.6) is 5.75 Å². The van der Waals surface area contributed by atoms with Gasteiger partial charge in [-0.2, -0.15) is 0 Å². The minimum Gasteiger partial charge on any atom is -0.494 e. The first-order chi connectivity index (χ1) is 12.3. The van der Waals surface area contributed by atoms with Gasteiger partial charge in [-0.1, -0.05) is 42.5 Å². The van der Waals surface area contributed by atoms with Crippen LogP contribution in [0.25, 0.3) is 32.6 Å². The fourth-order valence-corrected chi connectivity index (χ4v) is 4.27. The van der Waals surface area contributed by atoms with Crippen LogP contribution in [0, 0.1) is 0 Å². The van der Waals surface area contributed by atoms with Crippen molar-refractivity contribution < 1.29 is 9.53 Å². The Balaban J connectivity index is 2.00. The third-order valence-corrected chi connectivity index (χ3v) is 5.50. The highest BCUT2D eigenvalue weighted by Gasteiger charge is 2.33. The molecular weight excluding hydrogens is 330 g/mol. The van der Waals surface area contributed by atoms with Gasteiger partial charge in [0.15, 0.2) is 5.78 Å². The number of carbonyl (C=O) groups excluding carboxylic acids is 1. The summed E-state index contributed by atoms with van der Waals surface area (Å²) < 4.78 is 5.53. The molecule has 2 heterocycles. The van der Waals surface area contributed by atoms with E-state index in [4.69, 9.17) is 9.72 Å². The molecule has 1 aliphatic carbocycles. The van der Waals surface area contributed by atoms with E-state index < -0.39 is 0 Å². The summed E-state index contributed by atoms with van der Waals surface area (Å²) in [6.45, 7) is 0. The number of nitrogens with zero attached hydrogens (tertiary/aromatic N) is 1. The molecule has 1 aliphatic rings. The number of para-hydroxylation sites is 1. The summed E-state index contributed by atoms with van der Waals surface area (Å²) in [5, 5.41) is 2.95. The molecule has 0 fully saturated rings. The van der Waals surface area contributed by atoms with Gasteiger partial charge in [-0.05, 0) is 23.1 Å². The van der Waals surface area contributed by atoms with Gasteiger partial charge in [-0.25, -0.2) is 4.98 Å². The first-order valence-electron chi connectivity index (χ1n) is 7.98. The SMILES string of the molecule is COc1cccc2c3c(c(-c4cccs4)nc12)C(=O)c1ccccc1-3. The number of ketones is 1. The van der Waals surface area contributed by atoms with Crippen molar-refractivity contribution in [3.8, 4) is 27.4 Å². The van der Waals surface area contributed by atoms with E-state index in [2.05, 4.69) is 0 Å². The predicted octanol–water partition coefficient (Wildman–Crippen LogP) is 5.18. The highest BCUT2D eigenvalue weighted by atomic mass is 32.1. The molecule has 0 aliphatic heterocycles. The molecule has 0 atom stereocenters. The Hall–Kier alpha value is -2.98. The van der Waals surface area contributed by atoms with Crippen molar-refractivity contribution in [3.05, 3.63) is 71.1 Å². The van der Waals surface area contributed by atoms with Gasteiger partial charge in [-0.15, -0.1) is 11.3 Å². The molecule has 0 saturated heterocycles. The minimum absolute atomic E-state index is 0.0474. The summed E-state index contributed by atoms with van der Waals surface area (Å²) in [6, 6.07) is 17.6. The number of carbonyl (C=O) groups is 1. The van der Waals surface area contributed by atoms with Gasteiger partial charge in [0.05, 0.1) is 23.2 Å². The van der Waals surface area contributed by atoms with Crippen molar-refractivity contribution in [2.24, 2.45) is 0 Å². The number of aromatic nitrogens is 1. The van der Waals surface area contributed by atoms with E-state index >= 15 is 0 Å². The molecule has 0 radical (unpaired) electrons. The van der Waals surface area contributed by atoms with Gasteiger partial charge < -0.3 is 4.74 Å². The number of hydrogen-bond acceptors (Lipinski definition) is 4. The highest BCUT2D eigenvalue weighted by molar-refractivity contribution is 7.13. The first-order valence-corrected chi connectivity index (χ1v) is 8.86. The largest absolute Gasteiger partial charge is 0.494 e. The van der Waals surface area contributed by atoms with Crippen molar-refractivity contribution in [3.63, 3.8) is 0 Å². The third-order valence-electron chi connectivity index (χ3n) is 4.62. The summed E-state index contributed by atoms with van der Waals surface area (Å²) in [5.41, 5.74) is 4.91. The molecular formula is C21H13NO2S. The standard InChI is InChI=1S/C21H13NO2S/c1-24-15-9-4-8-14-17-12-6-2-3-7-13(12)21(23)18(17)20(22-19(14)15)16-10-5-11-25-16/h2-11H,1H3. The van der Waals surface area contributed by atoms with Crippen LogP contribution in [0.15, 0.2) is 60.0 Å². The molecule has 0 saturated carbocycles. The normalized spacial score (nSPS) is 12.3. The second-order valence-electron chi connectivity index (χ2n) is 5.92. The van der Waals surface area contributed by atoms with Crippen LogP contribution >= 0.6 is 11.3 Å². The number of fused-ring (bicyclic) bond motifs is 5. The maximum Gasteiger partial charge on any atom is 0.196 e. The predicted molar refractivity (Wildman–Crippen MR) is 100 cm³/mol. The van der Waals surface area contributed by atoms with Gasteiger partial charge in [0, 0.05) is 16.5 Å². The smallest absolute Gasteiger partial charge is 0.196 e. The summed E-state index contributed by atoms with van der Waals surface area (Å²) in [7, 11) is 1.65. The Morgan fingerprint density at radius 1 is 0.920 bits per heavy atom. The second-order valence-corrected chi connectivity index (χ2v) is 6.87. The Morgan fingerprint density at radius 2 is 1.76 bits per heavy atom. The second kappa shape index (κ2) is 5.26. The summed E-state index contributed by atoms with van der Waals surface area (Å²) >= 11 is 1.59. The Labute approximate surface area is 148 Å². The lowest BCUT2D eigenvalue weighted by Crippen LogP contribution is -2.01. The zero-order valence-electron chi connectivity index (χ0n) is 13.4. The Bertz CT molecular complexity index is 1150. The molecule has 0 amide bonds. The van der Waals surface area contributed by atoms with Crippen LogP contribution < -0.4 is 4.74 Å². The Morgan fingerprint density at radius 3 is 2.52 bits per heavy atom. The molecule has 4 heteroatoms. The highest BCUT2D eigenvalue weighted by Crippen LogP contribution is 2.46. The van der Waals surface area contributed by atoms with Crippen molar-refractivity contribution >= 4 is 28.0 Å². The average molecular weight is 343 g/mol. The number of pyridine rings is 1. The number of ether oxygens (including phenoxy) is 1. The molecule has 25 heavy (non-hydrogen) atoms. The number of hydrogen-bond donors (Lipinski definition) is 0.